The van der Waals surface area contributed by atoms with Crippen LogP contribution in [0.15, 0.2) is 0 Å². The van der Waals surface area contributed by atoms with Crippen LogP contribution in [-0.2, 0) is 65.4 Å². The molecule has 0 aromatic carbocycles. The predicted octanol–water partition coefficient (Wildman–Crippen LogP) is 21.3. The number of ether oxygens (including phenoxy) is 4. The van der Waals surface area contributed by atoms with Crippen molar-refractivity contribution in [2.75, 3.05) is 39.6 Å². The number of carbonyl (C=O) groups is 4. The Morgan fingerprint density at radius 2 is 0.522 bits per heavy atom. The van der Waals surface area contributed by atoms with E-state index in [-0.39, 0.29) is 25.7 Å². The third-order valence-corrected chi connectivity index (χ3v) is 19.3. The van der Waals surface area contributed by atoms with Gasteiger partial charge in [-0.2, -0.15) is 0 Å². The molecule has 0 aromatic heterocycles. The lowest BCUT2D eigenvalue weighted by atomic mass is 9.99. The van der Waals surface area contributed by atoms with E-state index in [1.54, 1.807) is 0 Å². The first-order valence-corrected chi connectivity index (χ1v) is 41.2. The highest BCUT2D eigenvalue weighted by atomic mass is 31.2. The van der Waals surface area contributed by atoms with Crippen molar-refractivity contribution in [3.8, 4) is 0 Å². The number of aliphatic hydroxyl groups is 1. The maximum atomic E-state index is 13.1. The maximum Gasteiger partial charge on any atom is 0.472 e. The minimum Gasteiger partial charge on any atom is -0.462 e. The third-order valence-electron chi connectivity index (χ3n) is 17.4. The molecular weight excluding hydrogens is 1210 g/mol. The molecule has 0 saturated heterocycles. The molecule has 0 aliphatic carbocycles. The lowest BCUT2D eigenvalue weighted by Crippen LogP contribution is -2.30. The van der Waals surface area contributed by atoms with Gasteiger partial charge in [0.05, 0.1) is 26.4 Å². The van der Waals surface area contributed by atoms with Crippen LogP contribution in [-0.4, -0.2) is 96.7 Å². The fraction of sp³-hybridized carbons (Fsp3) is 0.945. The van der Waals surface area contributed by atoms with Crippen molar-refractivity contribution in [3.05, 3.63) is 0 Å². The molecule has 0 heterocycles. The minimum atomic E-state index is -4.95. The maximum absolute atomic E-state index is 13.1. The van der Waals surface area contributed by atoms with Crippen molar-refractivity contribution in [3.63, 3.8) is 0 Å². The molecule has 0 spiro atoms. The molecule has 19 heteroatoms. The SMILES string of the molecule is CCCCCCCCCCCCCCCCCCCCCCC(=O)O[C@H](COC(=O)CCCCCCCCCCCCC(C)CC)COP(=O)(O)OC[C@@H](O)COP(=O)(O)OC[C@@H](COC(=O)CCCCCCCCC)OC(=O)CCCCCCCCCCCCC. The minimum absolute atomic E-state index is 0.107. The van der Waals surface area contributed by atoms with Gasteiger partial charge in [0, 0.05) is 25.7 Å². The number of carbonyl (C=O) groups excluding carboxylic acids is 4. The summed E-state index contributed by atoms with van der Waals surface area (Å²) in [6, 6.07) is 0. The van der Waals surface area contributed by atoms with E-state index in [4.69, 9.17) is 37.0 Å². The Kier molecular flexibility index (Phi) is 64.9. The second-order valence-corrected chi connectivity index (χ2v) is 29.5. The van der Waals surface area contributed by atoms with Crippen LogP contribution in [0, 0.1) is 5.92 Å². The summed E-state index contributed by atoms with van der Waals surface area (Å²) < 4.78 is 68.3. The van der Waals surface area contributed by atoms with Gasteiger partial charge < -0.3 is 33.8 Å². The predicted molar refractivity (Wildman–Crippen MR) is 372 cm³/mol. The fourth-order valence-corrected chi connectivity index (χ4v) is 12.7. The summed E-state index contributed by atoms with van der Waals surface area (Å²) in [6.45, 7) is 7.25. The summed E-state index contributed by atoms with van der Waals surface area (Å²) in [7, 11) is -9.90. The van der Waals surface area contributed by atoms with Gasteiger partial charge in [-0.3, -0.25) is 37.3 Å². The van der Waals surface area contributed by atoms with E-state index < -0.39 is 97.5 Å². The number of hydrogen-bond donors (Lipinski definition) is 3. The molecule has 3 N–H and O–H groups in total. The smallest absolute Gasteiger partial charge is 0.462 e. The Labute approximate surface area is 562 Å². The molecule has 0 aromatic rings. The number of unbranched alkanes of at least 4 members (excludes halogenated alkanes) is 44. The molecular formula is C73H142O17P2. The van der Waals surface area contributed by atoms with Gasteiger partial charge >= 0.3 is 39.5 Å². The van der Waals surface area contributed by atoms with Gasteiger partial charge in [-0.15, -0.1) is 0 Å². The van der Waals surface area contributed by atoms with Crippen molar-refractivity contribution in [2.24, 2.45) is 5.92 Å². The zero-order chi connectivity index (χ0) is 67.7. The highest BCUT2D eigenvalue weighted by Crippen LogP contribution is 2.45. The van der Waals surface area contributed by atoms with Crippen LogP contribution >= 0.6 is 15.6 Å². The van der Waals surface area contributed by atoms with Crippen LogP contribution in [0.2, 0.25) is 0 Å². The zero-order valence-corrected chi connectivity index (χ0v) is 61.5. The lowest BCUT2D eigenvalue weighted by Gasteiger charge is -2.21. The highest BCUT2D eigenvalue weighted by molar-refractivity contribution is 7.47. The van der Waals surface area contributed by atoms with Gasteiger partial charge in [-0.05, 0) is 31.6 Å². The number of hydrogen-bond acceptors (Lipinski definition) is 15. The lowest BCUT2D eigenvalue weighted by molar-refractivity contribution is -0.161. The van der Waals surface area contributed by atoms with Crippen LogP contribution in [0.5, 0.6) is 0 Å². The van der Waals surface area contributed by atoms with Gasteiger partial charge in [-0.1, -0.05) is 330 Å². The van der Waals surface area contributed by atoms with E-state index in [0.717, 1.165) is 109 Å². The standard InChI is InChI=1S/C73H142O17P2/c1-6-10-13-16-19-21-23-24-25-26-27-28-29-30-31-33-39-44-49-54-59-73(78)90-69(63-84-71(76)57-52-47-42-37-35-34-36-41-45-50-55-66(5)9-4)65-88-92(81,82)86-61-67(74)60-85-91(79,80)87-64-68(62-83-70(75)56-51-46-40-18-15-12-8-3)89-72(77)58-53-48-43-38-32-22-20-17-14-11-7-2/h66-69,74H,6-65H2,1-5H3,(H,79,80)(H,81,82)/t66?,67-,68+,69+/m0/s1. The summed E-state index contributed by atoms with van der Waals surface area (Å²) in [5.41, 5.74) is 0. The molecule has 0 bridgehead atoms. The van der Waals surface area contributed by atoms with Crippen molar-refractivity contribution >= 4 is 39.5 Å². The Balaban J connectivity index is 5.17. The van der Waals surface area contributed by atoms with Gasteiger partial charge in [0.2, 0.25) is 0 Å². The van der Waals surface area contributed by atoms with Crippen molar-refractivity contribution < 1.29 is 80.2 Å². The Bertz CT molecular complexity index is 1770. The third kappa shape index (κ3) is 65.4. The van der Waals surface area contributed by atoms with Gasteiger partial charge in [-0.25, -0.2) is 9.13 Å². The van der Waals surface area contributed by atoms with Crippen LogP contribution < -0.4 is 0 Å². The molecule has 546 valence electrons. The monoisotopic (exact) mass is 1350 g/mol. The summed E-state index contributed by atoms with van der Waals surface area (Å²) in [5.74, 6) is -1.31. The van der Waals surface area contributed by atoms with Crippen molar-refractivity contribution in [2.45, 2.75) is 400 Å². The Hall–Kier alpha value is -1.94. The molecule has 17 nitrogen and oxygen atoms in total. The second-order valence-electron chi connectivity index (χ2n) is 26.6. The van der Waals surface area contributed by atoms with Gasteiger partial charge in [0.25, 0.3) is 0 Å². The van der Waals surface area contributed by atoms with Crippen LogP contribution in [0.25, 0.3) is 0 Å². The number of phosphoric ester groups is 2. The largest absolute Gasteiger partial charge is 0.472 e. The molecule has 0 saturated carbocycles. The van der Waals surface area contributed by atoms with Crippen LogP contribution in [0.3, 0.4) is 0 Å². The highest BCUT2D eigenvalue weighted by Gasteiger charge is 2.30. The molecule has 0 aliphatic rings. The quantitative estimate of drug-likeness (QED) is 0.0222. The molecule has 0 fully saturated rings. The first kappa shape index (κ1) is 90.1. The summed E-state index contributed by atoms with van der Waals surface area (Å²) in [6.07, 6.45) is 54.2. The summed E-state index contributed by atoms with van der Waals surface area (Å²) in [4.78, 5) is 72.5. The molecule has 0 amide bonds. The molecule has 3 unspecified atom stereocenters. The summed E-state index contributed by atoms with van der Waals surface area (Å²) >= 11 is 0. The molecule has 0 aliphatic heterocycles. The number of aliphatic hydroxyl groups excluding tert-OH is 1. The molecule has 92 heavy (non-hydrogen) atoms. The van der Waals surface area contributed by atoms with Crippen molar-refractivity contribution in [1.29, 1.82) is 0 Å². The Morgan fingerprint density at radius 1 is 0.304 bits per heavy atom. The van der Waals surface area contributed by atoms with E-state index in [1.807, 2.05) is 0 Å². The summed E-state index contributed by atoms with van der Waals surface area (Å²) in [5, 5.41) is 10.6. The Morgan fingerprint density at radius 3 is 0.772 bits per heavy atom. The first-order chi connectivity index (χ1) is 44.6. The van der Waals surface area contributed by atoms with E-state index in [9.17, 15) is 43.2 Å². The molecule has 6 atom stereocenters. The van der Waals surface area contributed by atoms with E-state index in [2.05, 4.69) is 34.6 Å². The first-order valence-electron chi connectivity index (χ1n) is 38.2. The van der Waals surface area contributed by atoms with Gasteiger partial charge in [0.1, 0.15) is 19.3 Å². The van der Waals surface area contributed by atoms with Crippen LogP contribution in [0.4, 0.5) is 0 Å². The number of esters is 4. The zero-order valence-electron chi connectivity index (χ0n) is 59.7. The number of rotatable bonds is 73. The van der Waals surface area contributed by atoms with E-state index in [0.29, 0.717) is 25.7 Å². The van der Waals surface area contributed by atoms with E-state index >= 15 is 0 Å². The second kappa shape index (κ2) is 66.3. The normalized spacial score (nSPS) is 14.3. The van der Waals surface area contributed by atoms with Crippen LogP contribution in [0.1, 0.15) is 381 Å². The average Bonchev–Trinajstić information content (AvgIpc) is 1.99. The van der Waals surface area contributed by atoms with Gasteiger partial charge in [0.15, 0.2) is 12.2 Å². The molecule has 0 rings (SSSR count). The average molecular weight is 1350 g/mol. The fourth-order valence-electron chi connectivity index (χ4n) is 11.1. The van der Waals surface area contributed by atoms with E-state index in [1.165, 1.54) is 193 Å². The van der Waals surface area contributed by atoms with Crippen molar-refractivity contribution in [1.82, 2.24) is 0 Å². The topological polar surface area (TPSA) is 237 Å². The molecule has 0 radical (unpaired) electrons. The number of phosphoric acid groups is 2.